The highest BCUT2D eigenvalue weighted by atomic mass is 16.5. The largest absolute Gasteiger partial charge is 0.497 e. The number of methoxy groups -OCH3 is 2. The minimum Gasteiger partial charge on any atom is -0.497 e. The minimum atomic E-state index is -0.282. The molecule has 0 amide bonds. The normalized spacial score (nSPS) is 17.1. The van der Waals surface area contributed by atoms with E-state index in [0.717, 1.165) is 36.3 Å². The Bertz CT molecular complexity index is 719. The van der Waals surface area contributed by atoms with E-state index in [2.05, 4.69) is 24.3 Å². The van der Waals surface area contributed by atoms with Crippen LogP contribution in [0.1, 0.15) is 34.8 Å². The molecule has 1 N–H and O–H groups in total. The quantitative estimate of drug-likeness (QED) is 0.913. The van der Waals surface area contributed by atoms with Crippen molar-refractivity contribution in [2.45, 2.75) is 25.4 Å². The van der Waals surface area contributed by atoms with Gasteiger partial charge in [-0.1, -0.05) is 24.3 Å². The lowest BCUT2D eigenvalue weighted by Crippen LogP contribution is -1.91. The molecule has 2 aromatic rings. The van der Waals surface area contributed by atoms with Gasteiger partial charge in [0.15, 0.2) is 0 Å². The Balaban J connectivity index is 0.000000136. The van der Waals surface area contributed by atoms with Gasteiger partial charge in [0.25, 0.3) is 0 Å². The van der Waals surface area contributed by atoms with E-state index in [-0.39, 0.29) is 6.10 Å². The number of fused-ring (bicyclic) bond motifs is 2. The first-order valence-corrected chi connectivity index (χ1v) is 7.89. The molecule has 3 heteroatoms. The molecule has 2 aliphatic carbocycles. The van der Waals surface area contributed by atoms with Gasteiger partial charge in [0.2, 0.25) is 0 Å². The molecule has 2 aromatic carbocycles. The van der Waals surface area contributed by atoms with Gasteiger partial charge in [-0.3, -0.25) is 0 Å². The van der Waals surface area contributed by atoms with Crippen LogP contribution in [0.3, 0.4) is 0 Å². The van der Waals surface area contributed by atoms with Crippen LogP contribution in [0, 0.1) is 0 Å². The third kappa shape index (κ3) is 3.40. The maximum absolute atomic E-state index is 9.55. The first-order valence-electron chi connectivity index (χ1n) is 7.89. The van der Waals surface area contributed by atoms with Crippen LogP contribution < -0.4 is 9.47 Å². The second-order valence-electron chi connectivity index (χ2n) is 5.79. The first kappa shape index (κ1) is 15.6. The Labute approximate surface area is 137 Å². The van der Waals surface area contributed by atoms with Crippen molar-refractivity contribution in [3.8, 4) is 11.5 Å². The van der Waals surface area contributed by atoms with Crippen LogP contribution >= 0.6 is 0 Å². The molecule has 3 nitrogen and oxygen atoms in total. The maximum atomic E-state index is 9.55. The number of ether oxygens (including phenoxy) is 2. The van der Waals surface area contributed by atoms with Gasteiger partial charge in [-0.2, -0.15) is 0 Å². The van der Waals surface area contributed by atoms with E-state index in [0.29, 0.717) is 0 Å². The van der Waals surface area contributed by atoms with Crippen LogP contribution in [0.15, 0.2) is 42.5 Å². The molecule has 120 valence electrons. The Morgan fingerprint density at radius 3 is 2.39 bits per heavy atom. The Hall–Kier alpha value is -2.26. The van der Waals surface area contributed by atoms with Gasteiger partial charge >= 0.3 is 0 Å². The fourth-order valence-electron chi connectivity index (χ4n) is 3.04. The highest BCUT2D eigenvalue weighted by molar-refractivity contribution is 5.61. The summed E-state index contributed by atoms with van der Waals surface area (Å²) in [6.45, 7) is 0. The van der Waals surface area contributed by atoms with E-state index < -0.39 is 0 Å². The summed E-state index contributed by atoms with van der Waals surface area (Å²) in [6, 6.07) is 12.1. The summed E-state index contributed by atoms with van der Waals surface area (Å²) in [7, 11) is 3.34. The van der Waals surface area contributed by atoms with Crippen LogP contribution in [-0.2, 0) is 12.8 Å². The summed E-state index contributed by atoms with van der Waals surface area (Å²) >= 11 is 0. The number of benzene rings is 2. The lowest BCUT2D eigenvalue weighted by molar-refractivity contribution is 0.179. The average Bonchev–Trinajstić information content (AvgIpc) is 3.21. The van der Waals surface area contributed by atoms with Crippen LogP contribution in [0.2, 0.25) is 0 Å². The van der Waals surface area contributed by atoms with Crippen molar-refractivity contribution in [2.24, 2.45) is 0 Å². The number of aliphatic hydroxyl groups is 1. The van der Waals surface area contributed by atoms with Crippen molar-refractivity contribution < 1.29 is 14.6 Å². The number of allylic oxidation sites excluding steroid dienone is 1. The van der Waals surface area contributed by atoms with Crippen molar-refractivity contribution in [2.75, 3.05) is 14.2 Å². The second kappa shape index (κ2) is 6.88. The van der Waals surface area contributed by atoms with Gasteiger partial charge in [0.05, 0.1) is 20.3 Å². The standard InChI is InChI=1S/C10H12O2.C10H10O/c1-12-8-4-2-7-3-5-10(11)9(7)6-8;1-11-10-6-5-8-3-2-4-9(8)7-10/h2,4,6,10-11H,3,5H2,1H3;2,4-7H,3H2,1H3. The molecule has 0 aliphatic heterocycles. The zero-order valence-electron chi connectivity index (χ0n) is 13.6. The van der Waals surface area contributed by atoms with Gasteiger partial charge in [0, 0.05) is 0 Å². The molecular weight excluding hydrogens is 288 g/mol. The SMILES string of the molecule is COc1ccc2c(c1)C(O)CC2.COc1ccc2c(c1)C=CC2. The number of hydrogen-bond donors (Lipinski definition) is 1. The fourth-order valence-corrected chi connectivity index (χ4v) is 3.04. The van der Waals surface area contributed by atoms with Gasteiger partial charge in [0.1, 0.15) is 11.5 Å². The van der Waals surface area contributed by atoms with Crippen molar-refractivity contribution >= 4 is 6.08 Å². The van der Waals surface area contributed by atoms with E-state index in [4.69, 9.17) is 9.47 Å². The van der Waals surface area contributed by atoms with Crippen molar-refractivity contribution in [3.05, 3.63) is 64.7 Å². The summed E-state index contributed by atoms with van der Waals surface area (Å²) in [5, 5.41) is 9.55. The van der Waals surface area contributed by atoms with Crippen LogP contribution in [0.25, 0.3) is 6.08 Å². The van der Waals surface area contributed by atoms with E-state index in [1.807, 2.05) is 24.3 Å². The van der Waals surface area contributed by atoms with Gasteiger partial charge in [-0.25, -0.2) is 0 Å². The summed E-state index contributed by atoms with van der Waals surface area (Å²) < 4.78 is 10.2. The molecule has 4 rings (SSSR count). The van der Waals surface area contributed by atoms with Crippen molar-refractivity contribution in [1.29, 1.82) is 0 Å². The van der Waals surface area contributed by atoms with Crippen molar-refractivity contribution in [3.63, 3.8) is 0 Å². The molecule has 0 bridgehead atoms. The zero-order valence-corrected chi connectivity index (χ0v) is 13.6. The molecule has 0 radical (unpaired) electrons. The smallest absolute Gasteiger partial charge is 0.119 e. The molecule has 2 aliphatic rings. The molecular formula is C20H22O3. The average molecular weight is 310 g/mol. The number of aryl methyl sites for hydroxylation is 1. The lowest BCUT2D eigenvalue weighted by atomic mass is 10.1. The van der Waals surface area contributed by atoms with E-state index in [1.165, 1.54) is 16.7 Å². The maximum Gasteiger partial charge on any atom is 0.119 e. The molecule has 1 unspecified atom stereocenters. The van der Waals surface area contributed by atoms with E-state index >= 15 is 0 Å². The molecule has 0 saturated carbocycles. The van der Waals surface area contributed by atoms with Crippen LogP contribution in [0.5, 0.6) is 11.5 Å². The minimum absolute atomic E-state index is 0.282. The molecule has 0 spiro atoms. The summed E-state index contributed by atoms with van der Waals surface area (Å²) in [6.07, 6.45) is 6.93. The summed E-state index contributed by atoms with van der Waals surface area (Å²) in [4.78, 5) is 0. The number of aliphatic hydroxyl groups excluding tert-OH is 1. The third-order valence-electron chi connectivity index (χ3n) is 4.39. The predicted molar refractivity (Wildman–Crippen MR) is 92.0 cm³/mol. The van der Waals surface area contributed by atoms with Crippen molar-refractivity contribution in [1.82, 2.24) is 0 Å². The van der Waals surface area contributed by atoms with Crippen LogP contribution in [-0.4, -0.2) is 19.3 Å². The Morgan fingerprint density at radius 2 is 1.65 bits per heavy atom. The fraction of sp³-hybridized carbons (Fsp3) is 0.300. The number of hydrogen-bond acceptors (Lipinski definition) is 3. The monoisotopic (exact) mass is 310 g/mol. The van der Waals surface area contributed by atoms with E-state index in [1.54, 1.807) is 14.2 Å². The van der Waals surface area contributed by atoms with Gasteiger partial charge in [-0.05, 0) is 65.8 Å². The predicted octanol–water partition coefficient (Wildman–Crippen LogP) is 3.94. The molecule has 0 fully saturated rings. The first-order chi connectivity index (χ1) is 11.2. The molecule has 1 atom stereocenters. The topological polar surface area (TPSA) is 38.7 Å². The Morgan fingerprint density at radius 1 is 0.957 bits per heavy atom. The van der Waals surface area contributed by atoms with Crippen LogP contribution in [0.4, 0.5) is 0 Å². The Kier molecular flexibility index (Phi) is 4.68. The summed E-state index contributed by atoms with van der Waals surface area (Å²) in [5.74, 6) is 1.77. The highest BCUT2D eigenvalue weighted by Crippen LogP contribution is 2.33. The summed E-state index contributed by atoms with van der Waals surface area (Å²) in [5.41, 5.74) is 4.98. The second-order valence-corrected chi connectivity index (χ2v) is 5.79. The highest BCUT2D eigenvalue weighted by Gasteiger charge is 2.20. The van der Waals surface area contributed by atoms with E-state index in [9.17, 15) is 5.11 Å². The van der Waals surface area contributed by atoms with Gasteiger partial charge in [-0.15, -0.1) is 0 Å². The molecule has 0 aromatic heterocycles. The zero-order chi connectivity index (χ0) is 16.2. The number of rotatable bonds is 2. The molecule has 0 saturated heterocycles. The lowest BCUT2D eigenvalue weighted by Gasteiger charge is -2.05. The molecule has 0 heterocycles. The van der Waals surface area contributed by atoms with Gasteiger partial charge < -0.3 is 14.6 Å². The molecule has 23 heavy (non-hydrogen) atoms. The third-order valence-corrected chi connectivity index (χ3v) is 4.39.